The van der Waals surface area contributed by atoms with Gasteiger partial charge in [0, 0.05) is 16.6 Å². The van der Waals surface area contributed by atoms with Gasteiger partial charge in [-0.25, -0.2) is 0 Å². The van der Waals surface area contributed by atoms with Gasteiger partial charge in [-0.2, -0.15) is 8.42 Å². The maximum absolute atomic E-state index is 12.5. The van der Waals surface area contributed by atoms with Crippen molar-refractivity contribution in [3.8, 4) is 11.5 Å². The SMILES string of the molecule is Cc1ccc(/C=C2\Oc3cc(OS(=O)(=O)c4ccc(Br)cc4)ccc3C2=O)o1. The van der Waals surface area contributed by atoms with Crippen molar-refractivity contribution >= 4 is 37.9 Å². The van der Waals surface area contributed by atoms with Crippen molar-refractivity contribution in [3.63, 3.8) is 0 Å². The number of Topliss-reactive ketones (excluding diaryl/α,β-unsaturated/α-hetero) is 1. The molecule has 2 heterocycles. The Morgan fingerprint density at radius 3 is 2.46 bits per heavy atom. The van der Waals surface area contributed by atoms with E-state index in [4.69, 9.17) is 13.3 Å². The Morgan fingerprint density at radius 1 is 1.04 bits per heavy atom. The fraction of sp³-hybridized carbons (Fsp3) is 0.0500. The highest BCUT2D eigenvalue weighted by Crippen LogP contribution is 2.35. The highest BCUT2D eigenvalue weighted by molar-refractivity contribution is 9.10. The molecule has 8 heteroatoms. The summed E-state index contributed by atoms with van der Waals surface area (Å²) >= 11 is 3.25. The zero-order valence-corrected chi connectivity index (χ0v) is 16.9. The first kappa shape index (κ1) is 18.5. The van der Waals surface area contributed by atoms with Crippen molar-refractivity contribution in [1.29, 1.82) is 0 Å². The molecular formula is C20H13BrO6S. The van der Waals surface area contributed by atoms with Crippen LogP contribution in [0.1, 0.15) is 21.9 Å². The second-order valence-electron chi connectivity index (χ2n) is 6.04. The molecule has 28 heavy (non-hydrogen) atoms. The van der Waals surface area contributed by atoms with E-state index in [2.05, 4.69) is 15.9 Å². The van der Waals surface area contributed by atoms with Gasteiger partial charge in [0.05, 0.1) is 5.56 Å². The van der Waals surface area contributed by atoms with E-state index in [0.717, 1.165) is 4.47 Å². The van der Waals surface area contributed by atoms with Gasteiger partial charge in [0.1, 0.15) is 27.9 Å². The molecule has 142 valence electrons. The van der Waals surface area contributed by atoms with Gasteiger partial charge < -0.3 is 13.3 Å². The van der Waals surface area contributed by atoms with Crippen LogP contribution in [-0.4, -0.2) is 14.2 Å². The number of halogens is 1. The van der Waals surface area contributed by atoms with Gasteiger partial charge in [-0.15, -0.1) is 0 Å². The maximum atomic E-state index is 12.5. The van der Waals surface area contributed by atoms with Gasteiger partial charge in [0.15, 0.2) is 5.76 Å². The molecule has 0 saturated heterocycles. The quantitative estimate of drug-likeness (QED) is 0.413. The first-order valence-corrected chi connectivity index (χ1v) is 10.4. The standard InChI is InChI=1S/C20H13BrO6S/c1-12-2-5-14(25-12)10-19-20(22)17-9-6-15(11-18(17)26-19)27-28(23,24)16-7-3-13(21)4-8-16/h2-11H,1H3/b19-10-. The maximum Gasteiger partial charge on any atom is 0.339 e. The molecule has 4 rings (SSSR count). The lowest BCUT2D eigenvalue weighted by molar-refractivity contribution is 0.101. The monoisotopic (exact) mass is 460 g/mol. The van der Waals surface area contributed by atoms with Gasteiger partial charge in [0.25, 0.3) is 0 Å². The Labute approximate surface area is 169 Å². The first-order valence-electron chi connectivity index (χ1n) is 8.17. The zero-order valence-electron chi connectivity index (χ0n) is 14.5. The predicted molar refractivity (Wildman–Crippen MR) is 105 cm³/mol. The number of fused-ring (bicyclic) bond motifs is 1. The molecule has 0 aliphatic carbocycles. The number of ether oxygens (including phenoxy) is 1. The molecule has 6 nitrogen and oxygen atoms in total. The van der Waals surface area contributed by atoms with E-state index in [1.807, 2.05) is 0 Å². The van der Waals surface area contributed by atoms with Crippen molar-refractivity contribution in [2.45, 2.75) is 11.8 Å². The molecule has 1 aliphatic rings. The normalized spacial score (nSPS) is 14.8. The zero-order chi connectivity index (χ0) is 19.9. The molecule has 0 spiro atoms. The van der Waals surface area contributed by atoms with E-state index < -0.39 is 10.1 Å². The summed E-state index contributed by atoms with van der Waals surface area (Å²) in [7, 11) is -4.01. The molecule has 0 saturated carbocycles. The van der Waals surface area contributed by atoms with Gasteiger partial charge in [-0.05, 0) is 55.5 Å². The number of allylic oxidation sites excluding steroid dienone is 1. The van der Waals surface area contributed by atoms with E-state index >= 15 is 0 Å². The molecule has 0 bridgehead atoms. The number of carbonyl (C=O) groups excluding carboxylic acids is 1. The van der Waals surface area contributed by atoms with Crippen LogP contribution in [-0.2, 0) is 10.1 Å². The fourth-order valence-electron chi connectivity index (χ4n) is 2.66. The number of carbonyl (C=O) groups is 1. The summed E-state index contributed by atoms with van der Waals surface area (Å²) in [5.74, 6) is 1.25. The van der Waals surface area contributed by atoms with Crippen LogP contribution in [0.5, 0.6) is 11.5 Å². The molecule has 0 amide bonds. The van der Waals surface area contributed by atoms with Crippen LogP contribution in [0, 0.1) is 6.92 Å². The van der Waals surface area contributed by atoms with Crippen LogP contribution < -0.4 is 8.92 Å². The van der Waals surface area contributed by atoms with Crippen molar-refractivity contribution in [2.75, 3.05) is 0 Å². The second kappa shape index (κ2) is 6.96. The number of rotatable bonds is 4. The number of hydrogen-bond acceptors (Lipinski definition) is 6. The van der Waals surface area contributed by atoms with Crippen molar-refractivity contribution in [2.24, 2.45) is 0 Å². The number of aryl methyl sites for hydroxylation is 1. The van der Waals surface area contributed by atoms with Crippen molar-refractivity contribution in [3.05, 3.63) is 81.9 Å². The summed E-state index contributed by atoms with van der Waals surface area (Å²) in [5, 5.41) is 0. The largest absolute Gasteiger partial charge is 0.462 e. The molecule has 3 aromatic rings. The van der Waals surface area contributed by atoms with E-state index in [9.17, 15) is 13.2 Å². The minimum Gasteiger partial charge on any atom is -0.462 e. The smallest absolute Gasteiger partial charge is 0.339 e. The minimum atomic E-state index is -4.01. The van der Waals surface area contributed by atoms with Crippen LogP contribution in [0.15, 0.2) is 74.1 Å². The average molecular weight is 461 g/mol. The van der Waals surface area contributed by atoms with Gasteiger partial charge >= 0.3 is 10.1 Å². The van der Waals surface area contributed by atoms with Crippen LogP contribution >= 0.6 is 15.9 Å². The highest BCUT2D eigenvalue weighted by Gasteiger charge is 2.29. The van der Waals surface area contributed by atoms with Crippen molar-refractivity contribution < 1.29 is 26.5 Å². The Balaban J connectivity index is 1.59. The topological polar surface area (TPSA) is 82.8 Å². The summed E-state index contributed by atoms with van der Waals surface area (Å²) in [6.45, 7) is 1.80. The first-order chi connectivity index (χ1) is 13.3. The molecule has 0 N–H and O–H groups in total. The van der Waals surface area contributed by atoms with Crippen molar-refractivity contribution in [1.82, 2.24) is 0 Å². The van der Waals surface area contributed by atoms with Crippen LogP contribution in [0.2, 0.25) is 0 Å². The number of ketones is 1. The Bertz CT molecular complexity index is 1210. The molecule has 0 fully saturated rings. The summed E-state index contributed by atoms with van der Waals surface area (Å²) < 4.78 is 41.8. The molecule has 1 aliphatic heterocycles. The minimum absolute atomic E-state index is 0.0157. The summed E-state index contributed by atoms with van der Waals surface area (Å²) in [6.07, 6.45) is 1.49. The van der Waals surface area contributed by atoms with E-state index in [1.54, 1.807) is 31.2 Å². The highest BCUT2D eigenvalue weighted by atomic mass is 79.9. The molecule has 0 radical (unpaired) electrons. The number of hydrogen-bond donors (Lipinski definition) is 0. The Morgan fingerprint density at radius 2 is 1.79 bits per heavy atom. The third-order valence-electron chi connectivity index (χ3n) is 3.98. The molecule has 0 atom stereocenters. The lowest BCUT2D eigenvalue weighted by atomic mass is 10.1. The van der Waals surface area contributed by atoms with E-state index in [-0.39, 0.29) is 27.9 Å². The molecular weight excluding hydrogens is 448 g/mol. The van der Waals surface area contributed by atoms with Crippen LogP contribution in [0.25, 0.3) is 6.08 Å². The third kappa shape index (κ3) is 3.61. The summed E-state index contributed by atoms with van der Waals surface area (Å²) in [6, 6.07) is 13.8. The third-order valence-corrected chi connectivity index (χ3v) is 5.77. The van der Waals surface area contributed by atoms with Gasteiger partial charge in [-0.1, -0.05) is 15.9 Å². The molecule has 0 unspecified atom stereocenters. The lowest BCUT2D eigenvalue weighted by Crippen LogP contribution is -2.09. The number of furan rings is 1. The summed E-state index contributed by atoms with van der Waals surface area (Å²) in [5.41, 5.74) is 0.322. The van der Waals surface area contributed by atoms with Gasteiger partial charge in [0.2, 0.25) is 5.78 Å². The summed E-state index contributed by atoms with van der Waals surface area (Å²) in [4.78, 5) is 12.5. The number of benzene rings is 2. The van der Waals surface area contributed by atoms with Crippen LogP contribution in [0.3, 0.4) is 0 Å². The lowest BCUT2D eigenvalue weighted by Gasteiger charge is -2.08. The van der Waals surface area contributed by atoms with E-state index in [0.29, 0.717) is 17.1 Å². The van der Waals surface area contributed by atoms with E-state index in [1.165, 1.54) is 36.4 Å². The Kier molecular flexibility index (Phi) is 4.60. The van der Waals surface area contributed by atoms with Gasteiger partial charge in [-0.3, -0.25) is 4.79 Å². The Hall–Kier alpha value is -2.84. The molecule has 1 aromatic heterocycles. The molecule has 2 aromatic carbocycles. The fourth-order valence-corrected chi connectivity index (χ4v) is 3.84. The second-order valence-corrected chi connectivity index (χ2v) is 8.50. The van der Waals surface area contributed by atoms with Crippen LogP contribution in [0.4, 0.5) is 0 Å². The average Bonchev–Trinajstić information content (AvgIpc) is 3.18. The predicted octanol–water partition coefficient (Wildman–Crippen LogP) is 4.73.